The van der Waals surface area contributed by atoms with E-state index in [9.17, 15) is 48.1 Å². The van der Waals surface area contributed by atoms with Gasteiger partial charge in [0.25, 0.3) is 5.91 Å². The molecule has 0 spiro atoms. The Morgan fingerprint density at radius 2 is 1.64 bits per heavy atom. The predicted molar refractivity (Wildman–Crippen MR) is 270 cm³/mol. The second-order valence-electron chi connectivity index (χ2n) is 17.2. The minimum Gasteiger partial charge on any atom is -0.495 e. The molecule has 6 atom stereocenters. The number of aliphatic hydroxyl groups excluding tert-OH is 1. The van der Waals surface area contributed by atoms with Crippen molar-refractivity contribution in [1.82, 2.24) is 19.4 Å². The van der Waals surface area contributed by atoms with E-state index in [1.807, 2.05) is 56.7 Å². The summed E-state index contributed by atoms with van der Waals surface area (Å²) < 4.78 is 73.0. The minimum absolute atomic E-state index is 0.0512. The van der Waals surface area contributed by atoms with Gasteiger partial charge in [-0.3, -0.25) is 13.9 Å². The van der Waals surface area contributed by atoms with E-state index in [1.54, 1.807) is 36.4 Å². The van der Waals surface area contributed by atoms with Crippen LogP contribution in [-0.2, 0) is 31.6 Å². The van der Waals surface area contributed by atoms with Crippen LogP contribution < -0.4 is 40.6 Å². The number of aromatic carboxylic acids is 1. The molecule has 1 fully saturated rings. The fourth-order valence-corrected chi connectivity index (χ4v) is 11.1. The van der Waals surface area contributed by atoms with Crippen molar-refractivity contribution in [2.24, 2.45) is 0 Å². The Morgan fingerprint density at radius 1 is 0.933 bits per heavy atom. The normalized spacial score (nSPS) is 17.5. The van der Waals surface area contributed by atoms with Crippen LogP contribution in [-0.4, -0.2) is 119 Å². The molecule has 0 saturated carbocycles. The molecule has 8 N–H and O–H groups in total. The lowest BCUT2D eigenvalue weighted by molar-refractivity contribution is -0.0449. The number of aromatic nitrogens is 2. The molecule has 1 aliphatic carbocycles. The molecule has 75 heavy (non-hydrogen) atoms. The highest BCUT2D eigenvalue weighted by Crippen LogP contribution is 2.66. The number of hydrogen-bond acceptors (Lipinski definition) is 17. The summed E-state index contributed by atoms with van der Waals surface area (Å²) >= 11 is 0. The van der Waals surface area contributed by atoms with Gasteiger partial charge in [-0.15, -0.1) is 0 Å². The van der Waals surface area contributed by atoms with Gasteiger partial charge in [0.1, 0.15) is 49.3 Å². The van der Waals surface area contributed by atoms with Gasteiger partial charge in [-0.1, -0.05) is 24.0 Å². The maximum absolute atomic E-state index is 13.7. The minimum atomic E-state index is -5.76. The first-order valence-corrected chi connectivity index (χ1v) is 26.9. The van der Waals surface area contributed by atoms with Gasteiger partial charge in [0.05, 0.1) is 50.8 Å². The van der Waals surface area contributed by atoms with E-state index >= 15 is 0 Å². The number of rotatable bonds is 18. The number of anilines is 2. The van der Waals surface area contributed by atoms with Crippen molar-refractivity contribution in [1.29, 1.82) is 0 Å². The van der Waals surface area contributed by atoms with Gasteiger partial charge in [-0.2, -0.15) is 13.6 Å². The number of carbonyl (C=O) groups is 2. The maximum atomic E-state index is 13.7. The largest absolute Gasteiger partial charge is 0.495 e. The molecule has 4 aromatic rings. The fourth-order valence-electron chi connectivity index (χ4n) is 8.07. The van der Waals surface area contributed by atoms with Gasteiger partial charge < -0.3 is 63.9 Å². The Labute approximate surface area is 427 Å². The third kappa shape index (κ3) is 13.4. The van der Waals surface area contributed by atoms with Gasteiger partial charge in [0, 0.05) is 66.5 Å². The molecular formula is C47H52N6O19P3+. The quantitative estimate of drug-likeness (QED) is 0.0254. The number of aliphatic hydroxyl groups is 1. The van der Waals surface area contributed by atoms with Crippen LogP contribution in [0.25, 0.3) is 33.4 Å². The number of phosphoric ester groups is 1. The van der Waals surface area contributed by atoms with E-state index < -0.39 is 66.1 Å². The molecule has 3 aliphatic rings. The van der Waals surface area contributed by atoms with Crippen molar-refractivity contribution >= 4 is 57.8 Å². The summed E-state index contributed by atoms with van der Waals surface area (Å²) in [6.45, 7) is 0.859. The Bertz CT molecular complexity index is 3490. The Hall–Kier alpha value is -6.74. The molecule has 3 aromatic carbocycles. The lowest BCUT2D eigenvalue weighted by Crippen LogP contribution is -2.28. The average Bonchev–Trinajstić information content (AvgIpc) is 3.71. The smallest absolute Gasteiger partial charge is 0.490 e. The maximum Gasteiger partial charge on any atom is 0.490 e. The summed E-state index contributed by atoms with van der Waals surface area (Å²) in [5.74, 6) is 5.89. The first-order chi connectivity index (χ1) is 35.3. The van der Waals surface area contributed by atoms with Crippen molar-refractivity contribution in [3.8, 4) is 45.8 Å². The zero-order valence-electron chi connectivity index (χ0n) is 41.1. The summed E-state index contributed by atoms with van der Waals surface area (Å²) in [4.78, 5) is 82.0. The summed E-state index contributed by atoms with van der Waals surface area (Å²) in [5, 5.41) is 28.1. The highest BCUT2D eigenvalue weighted by molar-refractivity contribution is 7.66. The van der Waals surface area contributed by atoms with E-state index in [1.165, 1.54) is 44.7 Å². The van der Waals surface area contributed by atoms with Crippen LogP contribution in [0, 0.1) is 11.8 Å². The molecule has 1 saturated heterocycles. The predicted octanol–water partition coefficient (Wildman–Crippen LogP) is 4.52. The second kappa shape index (κ2) is 22.6. The Morgan fingerprint density at radius 3 is 2.27 bits per heavy atom. The third-order valence-corrected chi connectivity index (χ3v) is 15.4. The number of nitrogens with one attached hydrogen (secondary N) is 2. The van der Waals surface area contributed by atoms with Crippen LogP contribution in [0.1, 0.15) is 57.5 Å². The number of fused-ring (bicyclic) bond motifs is 2. The summed E-state index contributed by atoms with van der Waals surface area (Å²) in [6, 6.07) is 19.8. The zero-order chi connectivity index (χ0) is 54.7. The number of nitrogens with zero attached hydrogens (tertiary/aromatic N) is 4. The molecule has 3 heterocycles. The molecule has 1 aromatic heterocycles. The number of phosphoric acid groups is 3. The van der Waals surface area contributed by atoms with E-state index in [0.29, 0.717) is 44.9 Å². The molecule has 0 radical (unpaired) electrons. The van der Waals surface area contributed by atoms with E-state index in [-0.39, 0.29) is 41.5 Å². The molecule has 3 unspecified atom stereocenters. The number of amides is 1. The topological polar surface area (TPSA) is 340 Å². The average molecular weight is 1100 g/mol. The van der Waals surface area contributed by atoms with Crippen molar-refractivity contribution < 1.29 is 84.8 Å². The number of methoxy groups -OCH3 is 2. The second-order valence-corrected chi connectivity index (χ2v) is 21.6. The number of carbonyl (C=O) groups excluding carboxylic acids is 1. The SMILES string of the molecule is COc1cc2c(-c3cc(C(=O)NCC#Cc4ccc(C(C)Nc5ccn([C@H]6C[C@H](O)[C@@H](COP(=O)(O)OP(=O)(O)OP(=O)(O)O)O6)c(=O)n5)cc4)ccc3C(=O)O)c3cc(OC)c(=[N+](C)C)cc-3oc2cc1N(C)C. The van der Waals surface area contributed by atoms with Crippen LogP contribution in [0.15, 0.2) is 88.2 Å². The Kier molecular flexibility index (Phi) is 16.9. The van der Waals surface area contributed by atoms with E-state index in [4.69, 9.17) is 28.4 Å². The monoisotopic (exact) mass is 1100 g/mol. The molecule has 0 bridgehead atoms. The summed E-state index contributed by atoms with van der Waals surface area (Å²) in [5.41, 5.74) is 3.20. The van der Waals surface area contributed by atoms with Gasteiger partial charge in [0.15, 0.2) is 5.75 Å². The van der Waals surface area contributed by atoms with Gasteiger partial charge in [-0.05, 0) is 66.6 Å². The molecule has 1 amide bonds. The van der Waals surface area contributed by atoms with Crippen molar-refractivity contribution in [3.05, 3.63) is 117 Å². The number of hydrogen-bond donors (Lipinski definition) is 8. The van der Waals surface area contributed by atoms with E-state index in [2.05, 4.69) is 40.6 Å². The fraction of sp³-hybridized carbons (Fsp3) is 0.298. The zero-order valence-corrected chi connectivity index (χ0v) is 43.7. The molecule has 2 aliphatic heterocycles. The van der Waals surface area contributed by atoms with Crippen molar-refractivity contribution in [2.75, 3.05) is 65.8 Å². The van der Waals surface area contributed by atoms with Gasteiger partial charge in [0.2, 0.25) is 5.36 Å². The molecule has 7 rings (SSSR count). The summed E-state index contributed by atoms with van der Waals surface area (Å²) in [7, 11) is -6.33. The highest BCUT2D eigenvalue weighted by atomic mass is 31.3. The van der Waals surface area contributed by atoms with Crippen LogP contribution in [0.4, 0.5) is 11.5 Å². The van der Waals surface area contributed by atoms with Crippen LogP contribution in [0.3, 0.4) is 0 Å². The molecule has 28 heteroatoms. The molecule has 398 valence electrons. The van der Waals surface area contributed by atoms with E-state index in [0.717, 1.165) is 21.2 Å². The van der Waals surface area contributed by atoms with Crippen LogP contribution in [0.5, 0.6) is 11.5 Å². The first-order valence-electron chi connectivity index (χ1n) is 22.3. The van der Waals surface area contributed by atoms with Crippen molar-refractivity contribution in [3.63, 3.8) is 0 Å². The Balaban J connectivity index is 1.01. The van der Waals surface area contributed by atoms with Gasteiger partial charge in [-0.25, -0.2) is 27.9 Å². The number of carboxylic acids is 1. The molecule has 25 nitrogen and oxygen atoms in total. The number of benzene rings is 4. The first kappa shape index (κ1) is 56.0. The van der Waals surface area contributed by atoms with Crippen LogP contribution in [0.2, 0.25) is 0 Å². The standard InChI is InChI=1S/C47H51N6O19P3/c1-26(49-42-16-18-53(47(58)50-42)43-24-36(54)41(70-43)25-68-74(62,63)72-75(64,65)71-73(59,60)61)28-12-10-27(11-13-28)9-8-17-48-45(55)29-14-15-30(46(56)57)31(19-29)44-32-20-39(66-6)34(51(2)3)22-37(32)69-38-23-35(52(4)5)40(67-7)21-33(38)44/h10-16,18-23,26,36,41,43,54H,17,24-25H2,1-7H3,(H6-,48,49,50,55,56,57,58,59,60,61,62,63,64,65)/p+1/t26?,36-,41+,43+/m0/s1. The number of ether oxygens (including phenoxy) is 3. The lowest BCUT2D eigenvalue weighted by atomic mass is 9.89. The molecular weight excluding hydrogens is 1050 g/mol. The van der Waals surface area contributed by atoms with Crippen LogP contribution >= 0.6 is 23.5 Å². The summed E-state index contributed by atoms with van der Waals surface area (Å²) in [6.07, 6.45) is -2.71. The number of carboxylic acid groups (broad SMARTS) is 1. The lowest BCUT2D eigenvalue weighted by Gasteiger charge is -2.21. The van der Waals surface area contributed by atoms with Crippen molar-refractivity contribution in [2.45, 2.75) is 37.8 Å². The van der Waals surface area contributed by atoms with Gasteiger partial charge >= 0.3 is 35.1 Å². The third-order valence-electron chi connectivity index (χ3n) is 11.6. The highest BCUT2D eigenvalue weighted by Gasteiger charge is 2.43.